The number of hydrogen-bond donors (Lipinski definition) is 2. The molecule has 0 bridgehead atoms. The van der Waals surface area contributed by atoms with E-state index in [-0.39, 0.29) is 18.1 Å². The summed E-state index contributed by atoms with van der Waals surface area (Å²) < 4.78 is 3.69. The highest BCUT2D eigenvalue weighted by Gasteiger charge is 2.15. The molecule has 20 heavy (non-hydrogen) atoms. The van der Waals surface area contributed by atoms with Crippen LogP contribution in [0.1, 0.15) is 25.7 Å². The number of amides is 2. The maximum Gasteiger partial charge on any atom is 0.315 e. The Morgan fingerprint density at radius 3 is 2.75 bits per heavy atom. The minimum atomic E-state index is -0.229. The van der Waals surface area contributed by atoms with Crippen LogP contribution < -0.4 is 10.6 Å². The Kier molecular flexibility index (Phi) is 4.34. The summed E-state index contributed by atoms with van der Waals surface area (Å²) in [5, 5.41) is 13.5. The van der Waals surface area contributed by atoms with E-state index in [9.17, 15) is 4.79 Å². The van der Waals surface area contributed by atoms with E-state index in [1.165, 1.54) is 0 Å². The molecule has 0 aliphatic rings. The minimum Gasteiger partial charge on any atom is -0.335 e. The van der Waals surface area contributed by atoms with Crippen LogP contribution in [0, 0.1) is 0 Å². The molecule has 2 unspecified atom stereocenters. The molecule has 0 fully saturated rings. The molecule has 2 atom stereocenters. The van der Waals surface area contributed by atoms with Crippen molar-refractivity contribution in [2.75, 3.05) is 0 Å². The zero-order chi connectivity index (χ0) is 14.5. The molecule has 0 spiro atoms. The van der Waals surface area contributed by atoms with Gasteiger partial charge < -0.3 is 19.8 Å². The van der Waals surface area contributed by atoms with Gasteiger partial charge in [-0.3, -0.25) is 0 Å². The lowest BCUT2D eigenvalue weighted by Gasteiger charge is -2.18. The number of aromatic nitrogens is 5. The fourth-order valence-electron chi connectivity index (χ4n) is 1.97. The van der Waals surface area contributed by atoms with E-state index < -0.39 is 0 Å². The van der Waals surface area contributed by atoms with Crippen LogP contribution in [-0.4, -0.2) is 36.4 Å². The predicted octanol–water partition coefficient (Wildman–Crippen LogP) is 0.460. The Hall–Kier alpha value is -2.38. The van der Waals surface area contributed by atoms with E-state index in [1.807, 2.05) is 31.7 Å². The maximum absolute atomic E-state index is 11.9. The molecule has 2 rings (SSSR count). The number of rotatable bonds is 5. The van der Waals surface area contributed by atoms with Gasteiger partial charge in [-0.25, -0.2) is 9.78 Å². The molecule has 0 radical (unpaired) electrons. The highest BCUT2D eigenvalue weighted by molar-refractivity contribution is 5.74. The summed E-state index contributed by atoms with van der Waals surface area (Å²) in [7, 11) is 1.84. The number of carbonyl (C=O) groups excluding carboxylic acids is 1. The minimum absolute atomic E-state index is 0.00380. The summed E-state index contributed by atoms with van der Waals surface area (Å²) >= 11 is 0. The average Bonchev–Trinajstić information content (AvgIpc) is 2.99. The Bertz CT molecular complexity index is 548. The van der Waals surface area contributed by atoms with Crippen molar-refractivity contribution in [3.05, 3.63) is 30.9 Å². The van der Waals surface area contributed by atoms with Crippen molar-refractivity contribution in [1.29, 1.82) is 0 Å². The van der Waals surface area contributed by atoms with Gasteiger partial charge in [0.15, 0.2) is 5.82 Å². The van der Waals surface area contributed by atoms with Gasteiger partial charge in [0.1, 0.15) is 6.33 Å². The van der Waals surface area contributed by atoms with Gasteiger partial charge in [0.2, 0.25) is 0 Å². The number of carbonyl (C=O) groups is 1. The molecule has 0 aromatic carbocycles. The molecule has 2 amide bonds. The number of imidazole rings is 1. The summed E-state index contributed by atoms with van der Waals surface area (Å²) in [5.41, 5.74) is 0. The first-order valence-corrected chi connectivity index (χ1v) is 6.43. The zero-order valence-electron chi connectivity index (χ0n) is 11.8. The molecule has 2 aromatic heterocycles. The topological polar surface area (TPSA) is 89.7 Å². The fraction of sp³-hybridized carbons (Fsp3) is 0.500. The number of aryl methyl sites for hydroxylation is 1. The van der Waals surface area contributed by atoms with Crippen LogP contribution in [0.2, 0.25) is 0 Å². The first-order chi connectivity index (χ1) is 9.56. The Labute approximate surface area is 117 Å². The predicted molar refractivity (Wildman–Crippen MR) is 72.8 cm³/mol. The van der Waals surface area contributed by atoms with E-state index in [0.29, 0.717) is 12.4 Å². The molecule has 0 aliphatic carbocycles. The Morgan fingerprint density at radius 1 is 1.35 bits per heavy atom. The third kappa shape index (κ3) is 3.56. The van der Waals surface area contributed by atoms with Crippen LogP contribution in [0.5, 0.6) is 0 Å². The van der Waals surface area contributed by atoms with Crippen LogP contribution in [-0.2, 0) is 13.6 Å². The second kappa shape index (κ2) is 6.18. The molecule has 0 aliphatic heterocycles. The maximum atomic E-state index is 11.9. The molecular formula is C12H19N7O. The number of urea groups is 1. The van der Waals surface area contributed by atoms with Gasteiger partial charge in [0.25, 0.3) is 0 Å². The summed E-state index contributed by atoms with van der Waals surface area (Å²) in [5.74, 6) is 0.711. The highest BCUT2D eigenvalue weighted by atomic mass is 16.2. The van der Waals surface area contributed by atoms with Crippen LogP contribution >= 0.6 is 0 Å². The second-order valence-electron chi connectivity index (χ2n) is 4.80. The van der Waals surface area contributed by atoms with Crippen molar-refractivity contribution in [2.24, 2.45) is 7.05 Å². The van der Waals surface area contributed by atoms with Crippen molar-refractivity contribution < 1.29 is 4.79 Å². The fourth-order valence-corrected chi connectivity index (χ4v) is 1.97. The third-order valence-corrected chi connectivity index (χ3v) is 2.90. The lowest BCUT2D eigenvalue weighted by molar-refractivity contribution is 0.233. The second-order valence-corrected chi connectivity index (χ2v) is 4.80. The molecular weight excluding hydrogens is 258 g/mol. The standard InChI is InChI=1S/C12H19N7O/c1-9(6-19-5-4-13-7-19)15-12(20)16-10(2)11-17-14-8-18(11)3/h4-5,7-10H,6H2,1-3H3,(H2,15,16,20). The van der Waals surface area contributed by atoms with Gasteiger partial charge in [0, 0.05) is 32.0 Å². The van der Waals surface area contributed by atoms with Crippen molar-refractivity contribution in [3.63, 3.8) is 0 Å². The molecule has 8 heteroatoms. The van der Waals surface area contributed by atoms with Crippen molar-refractivity contribution in [1.82, 2.24) is 34.9 Å². The van der Waals surface area contributed by atoms with Gasteiger partial charge >= 0.3 is 6.03 Å². The normalized spacial score (nSPS) is 13.8. The van der Waals surface area contributed by atoms with Crippen molar-refractivity contribution >= 4 is 6.03 Å². The Morgan fingerprint density at radius 2 is 2.15 bits per heavy atom. The van der Waals surface area contributed by atoms with Crippen LogP contribution in [0.25, 0.3) is 0 Å². The number of hydrogen-bond acceptors (Lipinski definition) is 4. The monoisotopic (exact) mass is 277 g/mol. The average molecular weight is 277 g/mol. The molecule has 8 nitrogen and oxygen atoms in total. The quantitative estimate of drug-likeness (QED) is 0.831. The van der Waals surface area contributed by atoms with Gasteiger partial charge in [-0.1, -0.05) is 0 Å². The largest absolute Gasteiger partial charge is 0.335 e. The van der Waals surface area contributed by atoms with Crippen molar-refractivity contribution in [2.45, 2.75) is 32.5 Å². The van der Waals surface area contributed by atoms with Gasteiger partial charge in [0.05, 0.1) is 12.4 Å². The summed E-state index contributed by atoms with van der Waals surface area (Å²) in [6.07, 6.45) is 6.90. The van der Waals surface area contributed by atoms with E-state index in [0.717, 1.165) is 0 Å². The van der Waals surface area contributed by atoms with E-state index in [1.54, 1.807) is 23.4 Å². The van der Waals surface area contributed by atoms with Crippen LogP contribution in [0.3, 0.4) is 0 Å². The lowest BCUT2D eigenvalue weighted by Crippen LogP contribution is -2.43. The number of nitrogens with one attached hydrogen (secondary N) is 2. The van der Waals surface area contributed by atoms with Crippen LogP contribution in [0.4, 0.5) is 4.79 Å². The molecule has 2 N–H and O–H groups in total. The third-order valence-electron chi connectivity index (χ3n) is 2.90. The van der Waals surface area contributed by atoms with E-state index in [4.69, 9.17) is 0 Å². The number of nitrogens with zero attached hydrogens (tertiary/aromatic N) is 5. The molecule has 108 valence electrons. The SMILES string of the molecule is CC(Cn1ccnc1)NC(=O)NC(C)c1nncn1C. The summed E-state index contributed by atoms with van der Waals surface area (Å²) in [6, 6.07) is -0.438. The highest BCUT2D eigenvalue weighted by Crippen LogP contribution is 2.06. The van der Waals surface area contributed by atoms with Gasteiger partial charge in [-0.05, 0) is 13.8 Å². The van der Waals surface area contributed by atoms with Crippen molar-refractivity contribution in [3.8, 4) is 0 Å². The molecule has 0 saturated heterocycles. The Balaban J connectivity index is 1.81. The van der Waals surface area contributed by atoms with Gasteiger partial charge in [-0.15, -0.1) is 10.2 Å². The molecule has 0 saturated carbocycles. The smallest absolute Gasteiger partial charge is 0.315 e. The van der Waals surface area contributed by atoms with E-state index >= 15 is 0 Å². The first kappa shape index (κ1) is 14.0. The van der Waals surface area contributed by atoms with Gasteiger partial charge in [-0.2, -0.15) is 0 Å². The van der Waals surface area contributed by atoms with E-state index in [2.05, 4.69) is 25.8 Å². The zero-order valence-corrected chi connectivity index (χ0v) is 11.8. The van der Waals surface area contributed by atoms with Crippen LogP contribution in [0.15, 0.2) is 25.0 Å². The summed E-state index contributed by atoms with van der Waals surface area (Å²) in [4.78, 5) is 15.9. The first-order valence-electron chi connectivity index (χ1n) is 6.43. The lowest BCUT2D eigenvalue weighted by atomic mass is 10.3. The summed E-state index contributed by atoms with van der Waals surface area (Å²) in [6.45, 7) is 4.47. The molecule has 2 heterocycles. The molecule has 2 aromatic rings.